The van der Waals surface area contributed by atoms with Crippen molar-refractivity contribution in [1.29, 1.82) is 0 Å². The minimum Gasteiger partial charge on any atom is -0.475 e. The molecule has 0 unspecified atom stereocenters. The second kappa shape index (κ2) is 15.3. The highest BCUT2D eigenvalue weighted by Gasteiger charge is 2.38. The second-order valence-corrected chi connectivity index (χ2v) is 8.32. The van der Waals surface area contributed by atoms with Crippen LogP contribution in [0.2, 0.25) is 0 Å². The first-order valence-corrected chi connectivity index (χ1v) is 11.9. The van der Waals surface area contributed by atoms with Crippen LogP contribution in [0.25, 0.3) is 17.0 Å². The molecule has 0 spiro atoms. The molecule has 12 heteroatoms. The number of alkyl halides is 3. The molecule has 1 aromatic heterocycles. The number of hydrogen-bond acceptors (Lipinski definition) is 6. The van der Waals surface area contributed by atoms with Crippen LogP contribution in [0.15, 0.2) is 54.6 Å². The van der Waals surface area contributed by atoms with E-state index in [1.165, 1.54) is 40.9 Å². The summed E-state index contributed by atoms with van der Waals surface area (Å²) in [6, 6.07) is 16.5. The van der Waals surface area contributed by atoms with Crippen molar-refractivity contribution in [3.63, 3.8) is 0 Å². The number of carboxylic acid groups (broad SMARTS) is 1. The maximum atomic E-state index is 11.8. The minimum absolute atomic E-state index is 0.192. The Bertz CT molecular complexity index is 1270. The number of halogens is 3. The summed E-state index contributed by atoms with van der Waals surface area (Å²) in [6.07, 6.45) is -0.729. The lowest BCUT2D eigenvalue weighted by Crippen LogP contribution is -2.37. The van der Waals surface area contributed by atoms with Crippen LogP contribution < -0.4 is 16.2 Å². The van der Waals surface area contributed by atoms with Crippen LogP contribution in [-0.4, -0.2) is 54.3 Å². The Kier molecular flexibility index (Phi) is 12.2. The van der Waals surface area contributed by atoms with E-state index in [0.717, 1.165) is 25.1 Å². The molecule has 1 amide bonds. The molecular formula is C27H31F3N4O5. The smallest absolute Gasteiger partial charge is 0.475 e. The number of aromatic amines is 1. The largest absolute Gasteiger partial charge is 0.490 e. The summed E-state index contributed by atoms with van der Waals surface area (Å²) >= 11 is 0. The Hall–Kier alpha value is -4.16. The maximum absolute atomic E-state index is 11.8. The summed E-state index contributed by atoms with van der Waals surface area (Å²) in [7, 11) is 1.33. The lowest BCUT2D eigenvalue weighted by atomic mass is 10.1. The van der Waals surface area contributed by atoms with Gasteiger partial charge in [0, 0.05) is 35.8 Å². The van der Waals surface area contributed by atoms with Gasteiger partial charge in [0.25, 0.3) is 5.91 Å². The van der Waals surface area contributed by atoms with Crippen molar-refractivity contribution in [2.75, 3.05) is 20.2 Å². The number of carboxylic acids is 1. The maximum Gasteiger partial charge on any atom is 0.490 e. The number of aromatic nitrogens is 1. The lowest BCUT2D eigenvalue weighted by molar-refractivity contribution is -0.192. The van der Waals surface area contributed by atoms with Gasteiger partial charge in [-0.05, 0) is 48.7 Å². The highest BCUT2D eigenvalue weighted by atomic mass is 19.4. The topological polar surface area (TPSA) is 133 Å². The highest BCUT2D eigenvalue weighted by molar-refractivity contribution is 5.91. The number of hydrogen-bond donors (Lipinski definition) is 5. The summed E-state index contributed by atoms with van der Waals surface area (Å²) in [5.41, 5.74) is 11.1. The predicted octanol–water partition coefficient (Wildman–Crippen LogP) is 3.64. The highest BCUT2D eigenvalue weighted by Crippen LogP contribution is 2.22. The fourth-order valence-corrected chi connectivity index (χ4v) is 3.48. The molecule has 3 rings (SSSR count). The zero-order chi connectivity index (χ0) is 28.8. The van der Waals surface area contributed by atoms with Crippen molar-refractivity contribution in [3.8, 4) is 0 Å². The molecule has 0 bridgehead atoms. The van der Waals surface area contributed by atoms with Crippen LogP contribution in [0.4, 0.5) is 13.2 Å². The van der Waals surface area contributed by atoms with E-state index in [-0.39, 0.29) is 18.3 Å². The van der Waals surface area contributed by atoms with E-state index in [0.29, 0.717) is 6.54 Å². The lowest BCUT2D eigenvalue weighted by Gasteiger charge is -2.06. The van der Waals surface area contributed by atoms with Gasteiger partial charge >= 0.3 is 18.1 Å². The molecule has 3 aromatic rings. The molecule has 0 saturated carbocycles. The van der Waals surface area contributed by atoms with E-state index in [9.17, 15) is 22.8 Å². The number of fused-ring (bicyclic) bond motifs is 1. The van der Waals surface area contributed by atoms with Crippen molar-refractivity contribution >= 4 is 34.8 Å². The Balaban J connectivity index is 0.000000673. The predicted molar refractivity (Wildman–Crippen MR) is 140 cm³/mol. The molecule has 1 heterocycles. The number of ether oxygens (including phenoxy) is 1. The van der Waals surface area contributed by atoms with Gasteiger partial charge in [0.05, 0.1) is 13.5 Å². The number of hydrazine groups is 1. The summed E-state index contributed by atoms with van der Waals surface area (Å²) in [6.45, 7) is 4.12. The number of H-pyrrole nitrogens is 1. The number of aliphatic carboxylic acids is 1. The molecule has 2 aromatic carbocycles. The van der Waals surface area contributed by atoms with Gasteiger partial charge in [0.2, 0.25) is 0 Å². The number of carbonyl (C=O) groups is 3. The first kappa shape index (κ1) is 31.1. The number of benzene rings is 2. The van der Waals surface area contributed by atoms with E-state index < -0.39 is 12.1 Å². The number of amides is 1. The van der Waals surface area contributed by atoms with Crippen molar-refractivity contribution in [3.05, 3.63) is 77.0 Å². The average molecular weight is 549 g/mol. The van der Waals surface area contributed by atoms with Gasteiger partial charge in [0.15, 0.2) is 0 Å². The second-order valence-electron chi connectivity index (χ2n) is 8.32. The quantitative estimate of drug-likeness (QED) is 0.107. The Labute approximate surface area is 223 Å². The van der Waals surface area contributed by atoms with Gasteiger partial charge in [-0.25, -0.2) is 10.2 Å². The van der Waals surface area contributed by atoms with Crippen molar-refractivity contribution in [1.82, 2.24) is 21.2 Å². The average Bonchev–Trinajstić information content (AvgIpc) is 3.23. The SMILES string of the molecule is COC(=O)CCNNC(=O)/C=C/c1ccc(CNCCc2c(C)[nH]c3ccccc23)cc1.O=C(O)C(F)(F)F. The number of carbonyl (C=O) groups excluding carboxylic acids is 2. The van der Waals surface area contributed by atoms with E-state index in [2.05, 4.69) is 69.2 Å². The number of esters is 1. The monoisotopic (exact) mass is 548 g/mol. The van der Waals surface area contributed by atoms with Gasteiger partial charge in [-0.3, -0.25) is 15.0 Å². The molecule has 0 aliphatic heterocycles. The molecule has 0 radical (unpaired) electrons. The summed E-state index contributed by atoms with van der Waals surface area (Å²) in [5, 5.41) is 11.9. The summed E-state index contributed by atoms with van der Waals surface area (Å²) < 4.78 is 36.3. The molecule has 5 N–H and O–H groups in total. The van der Waals surface area contributed by atoms with Gasteiger partial charge in [0.1, 0.15) is 0 Å². The van der Waals surface area contributed by atoms with E-state index in [4.69, 9.17) is 9.90 Å². The van der Waals surface area contributed by atoms with Crippen LogP contribution in [0.3, 0.4) is 0 Å². The third-order valence-corrected chi connectivity index (χ3v) is 5.45. The van der Waals surface area contributed by atoms with Crippen LogP contribution in [0.1, 0.15) is 28.8 Å². The Morgan fingerprint density at radius 1 is 1.05 bits per heavy atom. The van der Waals surface area contributed by atoms with Crippen LogP contribution in [-0.2, 0) is 32.1 Å². The Morgan fingerprint density at radius 2 is 1.72 bits per heavy atom. The van der Waals surface area contributed by atoms with Crippen LogP contribution in [0, 0.1) is 6.92 Å². The molecule has 0 aliphatic carbocycles. The summed E-state index contributed by atoms with van der Waals surface area (Å²) in [5.74, 6) is -3.37. The zero-order valence-electron chi connectivity index (χ0n) is 21.5. The molecule has 210 valence electrons. The number of aryl methyl sites for hydroxylation is 1. The van der Waals surface area contributed by atoms with E-state index >= 15 is 0 Å². The molecular weight excluding hydrogens is 517 g/mol. The first-order chi connectivity index (χ1) is 18.5. The molecule has 9 nitrogen and oxygen atoms in total. The van der Waals surface area contributed by atoms with Crippen molar-refractivity contribution < 1.29 is 37.4 Å². The van der Waals surface area contributed by atoms with Gasteiger partial charge in [-0.15, -0.1) is 0 Å². The third kappa shape index (κ3) is 11.0. The molecule has 0 fully saturated rings. The third-order valence-electron chi connectivity index (χ3n) is 5.45. The van der Waals surface area contributed by atoms with Gasteiger partial charge < -0.3 is 20.1 Å². The van der Waals surface area contributed by atoms with Crippen LogP contribution in [0.5, 0.6) is 0 Å². The summed E-state index contributed by atoms with van der Waals surface area (Å²) in [4.78, 5) is 35.1. The fraction of sp³-hybridized carbons (Fsp3) is 0.296. The Morgan fingerprint density at radius 3 is 2.36 bits per heavy atom. The number of nitrogens with one attached hydrogen (secondary N) is 4. The van der Waals surface area contributed by atoms with E-state index in [1.807, 2.05) is 12.1 Å². The van der Waals surface area contributed by atoms with Gasteiger partial charge in [-0.2, -0.15) is 13.2 Å². The standard InChI is InChI=1S/C25H30N4O3.C2HF3O2/c1-18-21(22-5-3-4-6-23(22)28-18)13-15-26-17-20-9-7-19(8-10-20)11-12-24(30)29-27-16-14-25(31)32-2;3-2(4,5)1(6)7/h3-12,26-28H,13-17H2,1-2H3,(H,29,30);(H,6,7)/b12-11+;. The molecule has 39 heavy (non-hydrogen) atoms. The normalized spacial score (nSPS) is 11.2. The first-order valence-electron chi connectivity index (χ1n) is 11.9. The van der Waals surface area contributed by atoms with E-state index in [1.54, 1.807) is 6.08 Å². The fourth-order valence-electron chi connectivity index (χ4n) is 3.48. The number of rotatable bonds is 11. The molecule has 0 aliphatic rings. The number of para-hydroxylation sites is 1. The molecule has 0 atom stereocenters. The molecule has 0 saturated heterocycles. The van der Waals surface area contributed by atoms with Crippen molar-refractivity contribution in [2.45, 2.75) is 32.5 Å². The van der Waals surface area contributed by atoms with Gasteiger partial charge in [-0.1, -0.05) is 42.5 Å². The number of methoxy groups -OCH3 is 1. The minimum atomic E-state index is -5.08. The van der Waals surface area contributed by atoms with Crippen molar-refractivity contribution in [2.24, 2.45) is 0 Å². The van der Waals surface area contributed by atoms with Crippen LogP contribution >= 0.6 is 0 Å². The zero-order valence-corrected chi connectivity index (χ0v) is 21.5.